The first-order valence-corrected chi connectivity index (χ1v) is 12.8. The monoisotopic (exact) mass is 436 g/mol. The number of benzene rings is 1. The summed E-state index contributed by atoms with van der Waals surface area (Å²) >= 11 is 0. The summed E-state index contributed by atoms with van der Waals surface area (Å²) in [5.41, 5.74) is 2.06. The maximum absolute atomic E-state index is 13.0. The molecule has 3 unspecified atom stereocenters. The van der Waals surface area contributed by atoms with E-state index in [-0.39, 0.29) is 41.5 Å². The molecular weight excluding hydrogens is 400 g/mol. The largest absolute Gasteiger partial charge is 0.371 e. The topological polar surface area (TPSA) is 75.7 Å². The van der Waals surface area contributed by atoms with Gasteiger partial charge in [-0.25, -0.2) is 13.1 Å². The van der Waals surface area contributed by atoms with Crippen molar-refractivity contribution < 1.29 is 17.9 Å². The number of hydrogen-bond acceptors (Lipinski definition) is 4. The Bertz CT molecular complexity index is 877. The molecule has 1 aliphatic heterocycles. The van der Waals surface area contributed by atoms with Crippen LogP contribution in [0.1, 0.15) is 64.7 Å². The second kappa shape index (κ2) is 8.60. The summed E-state index contributed by atoms with van der Waals surface area (Å²) in [5.74, 6) is -0.0252. The van der Waals surface area contributed by atoms with Crippen LogP contribution >= 0.6 is 0 Å². The Morgan fingerprint density at radius 1 is 1.23 bits per heavy atom. The van der Waals surface area contributed by atoms with E-state index in [0.717, 1.165) is 24.0 Å². The van der Waals surface area contributed by atoms with E-state index in [2.05, 4.69) is 22.9 Å². The number of hydrogen-bond donors (Lipinski definition) is 1. The average molecular weight is 437 g/mol. The molecule has 1 saturated carbocycles. The summed E-state index contributed by atoms with van der Waals surface area (Å²) in [6.45, 7) is 10.5. The molecule has 1 aliphatic carbocycles. The van der Waals surface area contributed by atoms with Gasteiger partial charge in [-0.15, -0.1) is 0 Å². The average Bonchev–Trinajstić information content (AvgIpc) is 3.36. The summed E-state index contributed by atoms with van der Waals surface area (Å²) < 4.78 is 33.1. The van der Waals surface area contributed by atoms with Crippen LogP contribution in [0.4, 0.5) is 0 Å². The van der Waals surface area contributed by atoms with E-state index in [4.69, 9.17) is 4.74 Å². The van der Waals surface area contributed by atoms with Gasteiger partial charge in [0.05, 0.1) is 24.5 Å². The Kier molecular flexibility index (Phi) is 6.65. The zero-order valence-corrected chi connectivity index (χ0v) is 19.8. The van der Waals surface area contributed by atoms with Crippen LogP contribution in [0.25, 0.3) is 0 Å². The van der Waals surface area contributed by atoms with Gasteiger partial charge in [-0.2, -0.15) is 0 Å². The van der Waals surface area contributed by atoms with E-state index in [1.54, 1.807) is 0 Å². The van der Waals surface area contributed by atoms with Crippen molar-refractivity contribution in [3.05, 3.63) is 35.4 Å². The van der Waals surface area contributed by atoms with Crippen LogP contribution in [0.5, 0.6) is 0 Å². The van der Waals surface area contributed by atoms with E-state index in [1.165, 1.54) is 6.26 Å². The lowest BCUT2D eigenvalue weighted by atomic mass is 9.92. The van der Waals surface area contributed by atoms with Gasteiger partial charge in [0.15, 0.2) is 0 Å². The lowest BCUT2D eigenvalue weighted by Gasteiger charge is -2.30. The number of nitrogens with one attached hydrogen (secondary N) is 1. The molecule has 0 radical (unpaired) electrons. The molecule has 168 valence electrons. The molecular formula is C23H36N2O4S. The van der Waals surface area contributed by atoms with Gasteiger partial charge in [-0.05, 0) is 51.2 Å². The van der Waals surface area contributed by atoms with Gasteiger partial charge >= 0.3 is 0 Å². The summed E-state index contributed by atoms with van der Waals surface area (Å²) in [7, 11) is -3.38. The van der Waals surface area contributed by atoms with Crippen molar-refractivity contribution in [2.24, 2.45) is 11.3 Å². The molecule has 2 fully saturated rings. The molecule has 0 aromatic heterocycles. The van der Waals surface area contributed by atoms with Crippen LogP contribution in [-0.2, 0) is 26.0 Å². The number of ether oxygens (including phenoxy) is 1. The lowest BCUT2D eigenvalue weighted by Crippen LogP contribution is -2.50. The minimum atomic E-state index is -3.38. The molecule has 3 rings (SSSR count). The van der Waals surface area contributed by atoms with Crippen molar-refractivity contribution in [2.45, 2.75) is 78.2 Å². The van der Waals surface area contributed by atoms with Crippen molar-refractivity contribution in [3.8, 4) is 0 Å². The highest BCUT2D eigenvalue weighted by Gasteiger charge is 2.61. The van der Waals surface area contributed by atoms with Gasteiger partial charge in [0.25, 0.3) is 0 Å². The van der Waals surface area contributed by atoms with E-state index < -0.39 is 10.0 Å². The Morgan fingerprint density at radius 3 is 2.43 bits per heavy atom. The first-order valence-electron chi connectivity index (χ1n) is 10.9. The molecule has 1 spiro atoms. The quantitative estimate of drug-likeness (QED) is 0.679. The molecule has 1 heterocycles. The number of nitrogens with zero attached hydrogens (tertiary/aromatic N) is 1. The molecule has 30 heavy (non-hydrogen) atoms. The molecule has 1 saturated heterocycles. The van der Waals surface area contributed by atoms with Crippen LogP contribution in [-0.4, -0.2) is 50.2 Å². The molecule has 3 atom stereocenters. The van der Waals surface area contributed by atoms with Gasteiger partial charge in [0.1, 0.15) is 0 Å². The van der Waals surface area contributed by atoms with Crippen molar-refractivity contribution in [1.82, 2.24) is 9.62 Å². The maximum atomic E-state index is 13.0. The molecule has 1 aromatic rings. The summed E-state index contributed by atoms with van der Waals surface area (Å²) in [6.07, 6.45) is 3.85. The summed E-state index contributed by atoms with van der Waals surface area (Å²) in [5, 5.41) is 0. The van der Waals surface area contributed by atoms with Crippen LogP contribution in [0.2, 0.25) is 0 Å². The zero-order valence-electron chi connectivity index (χ0n) is 19.0. The van der Waals surface area contributed by atoms with Gasteiger partial charge in [-0.3, -0.25) is 4.79 Å². The SMILES string of the molecule is CC(C)OC(C)c1cccc(CC2C(NS(C)(=O)=O)C3(CC3)CN2C(=O)C(C)C)c1. The van der Waals surface area contributed by atoms with Gasteiger partial charge in [-0.1, -0.05) is 38.1 Å². The first kappa shape index (κ1) is 23.2. The summed E-state index contributed by atoms with van der Waals surface area (Å²) in [4.78, 5) is 14.9. The fourth-order valence-electron chi connectivity index (χ4n) is 4.71. The highest BCUT2D eigenvalue weighted by atomic mass is 32.2. The third-order valence-corrected chi connectivity index (χ3v) is 6.96. The second-order valence-electron chi connectivity index (χ2n) is 9.69. The second-order valence-corrected chi connectivity index (χ2v) is 11.5. The summed E-state index contributed by atoms with van der Waals surface area (Å²) in [6, 6.07) is 7.81. The van der Waals surface area contributed by atoms with E-state index in [0.29, 0.717) is 13.0 Å². The number of carbonyl (C=O) groups is 1. The molecule has 0 bridgehead atoms. The standard InChI is InChI=1S/C23H36N2O4S/c1-15(2)22(26)25-14-23(10-11-23)21(24-30(6,27)28)20(25)13-18-8-7-9-19(12-18)17(5)29-16(3)4/h7-9,12,15-17,20-21,24H,10-11,13-14H2,1-6H3. The van der Waals surface area contributed by atoms with E-state index in [1.807, 2.05) is 45.6 Å². The third kappa shape index (κ3) is 5.24. The van der Waals surface area contributed by atoms with Crippen molar-refractivity contribution in [2.75, 3.05) is 12.8 Å². The van der Waals surface area contributed by atoms with E-state index >= 15 is 0 Å². The van der Waals surface area contributed by atoms with Gasteiger partial charge < -0.3 is 9.64 Å². The smallest absolute Gasteiger partial charge is 0.225 e. The van der Waals surface area contributed by atoms with Crippen LogP contribution in [0.15, 0.2) is 24.3 Å². The zero-order chi connectivity index (χ0) is 22.3. The van der Waals surface area contributed by atoms with Crippen molar-refractivity contribution in [1.29, 1.82) is 0 Å². The van der Waals surface area contributed by atoms with Crippen molar-refractivity contribution >= 4 is 15.9 Å². The molecule has 1 aromatic carbocycles. The highest BCUT2D eigenvalue weighted by molar-refractivity contribution is 7.88. The molecule has 7 heteroatoms. The normalized spacial score (nSPS) is 24.1. The predicted molar refractivity (Wildman–Crippen MR) is 119 cm³/mol. The fourth-order valence-corrected chi connectivity index (χ4v) is 5.58. The fraction of sp³-hybridized carbons (Fsp3) is 0.696. The van der Waals surface area contributed by atoms with Crippen LogP contribution in [0, 0.1) is 11.3 Å². The minimum Gasteiger partial charge on any atom is -0.371 e. The molecule has 1 N–H and O–H groups in total. The van der Waals surface area contributed by atoms with E-state index in [9.17, 15) is 13.2 Å². The Labute approximate surface area is 181 Å². The van der Waals surface area contributed by atoms with Crippen LogP contribution < -0.4 is 4.72 Å². The van der Waals surface area contributed by atoms with Gasteiger partial charge in [0, 0.05) is 23.9 Å². The Balaban J connectivity index is 1.90. The number of carbonyl (C=O) groups excluding carboxylic acids is 1. The van der Waals surface area contributed by atoms with Crippen LogP contribution in [0.3, 0.4) is 0 Å². The first-order chi connectivity index (χ1) is 13.9. The Hall–Kier alpha value is -1.44. The predicted octanol–water partition coefficient (Wildman–Crippen LogP) is 3.28. The lowest BCUT2D eigenvalue weighted by molar-refractivity contribution is -0.135. The molecule has 6 nitrogen and oxygen atoms in total. The minimum absolute atomic E-state index is 0.0263. The third-order valence-electron chi connectivity index (χ3n) is 6.28. The maximum Gasteiger partial charge on any atom is 0.225 e. The highest BCUT2D eigenvalue weighted by Crippen LogP contribution is 2.55. The number of rotatable bonds is 8. The number of likely N-dealkylation sites (tertiary alicyclic amines) is 1. The number of sulfonamides is 1. The molecule has 1 amide bonds. The molecule has 2 aliphatic rings. The Morgan fingerprint density at radius 2 is 1.90 bits per heavy atom. The number of amides is 1. The van der Waals surface area contributed by atoms with Gasteiger partial charge in [0.2, 0.25) is 15.9 Å². The van der Waals surface area contributed by atoms with Crippen molar-refractivity contribution in [3.63, 3.8) is 0 Å².